The number of benzene rings is 1. The lowest BCUT2D eigenvalue weighted by Gasteiger charge is -2.15. The molecule has 0 aliphatic carbocycles. The van der Waals surface area contributed by atoms with Crippen LogP contribution in [-0.2, 0) is 13.6 Å². The Hall–Kier alpha value is -2.57. The van der Waals surface area contributed by atoms with Crippen LogP contribution in [-0.4, -0.2) is 41.4 Å². The highest BCUT2D eigenvalue weighted by molar-refractivity contribution is 5.79. The minimum Gasteiger partial charge on any atom is -0.497 e. The molecule has 1 atom stereocenters. The molecule has 0 spiro atoms. The van der Waals surface area contributed by atoms with E-state index in [1.807, 2.05) is 30.7 Å². The van der Waals surface area contributed by atoms with E-state index in [4.69, 9.17) is 4.74 Å². The molecule has 136 valence electrons. The number of ether oxygens (including phenoxy) is 1. The van der Waals surface area contributed by atoms with Gasteiger partial charge in [0.2, 0.25) is 0 Å². The van der Waals surface area contributed by atoms with E-state index in [0.717, 1.165) is 36.3 Å². The Balaban J connectivity index is 1.77. The molecule has 0 saturated carbocycles. The van der Waals surface area contributed by atoms with Gasteiger partial charge in [-0.15, -0.1) is 10.2 Å². The number of aromatic nitrogens is 3. The van der Waals surface area contributed by atoms with E-state index < -0.39 is 0 Å². The first-order valence-electron chi connectivity index (χ1n) is 8.48. The lowest BCUT2D eigenvalue weighted by Crippen LogP contribution is -2.38. The second-order valence-corrected chi connectivity index (χ2v) is 6.04. The molecular weight excluding hydrogens is 316 g/mol. The number of hydrogen-bond donors (Lipinski definition) is 2. The summed E-state index contributed by atoms with van der Waals surface area (Å²) in [6.07, 6.45) is 1.01. The van der Waals surface area contributed by atoms with E-state index in [9.17, 15) is 0 Å². The Kier molecular flexibility index (Phi) is 6.80. The van der Waals surface area contributed by atoms with Gasteiger partial charge in [-0.1, -0.05) is 19.1 Å². The number of rotatable bonds is 7. The first kappa shape index (κ1) is 18.8. The fourth-order valence-corrected chi connectivity index (χ4v) is 2.49. The van der Waals surface area contributed by atoms with E-state index in [1.165, 1.54) is 5.56 Å². The van der Waals surface area contributed by atoms with Crippen molar-refractivity contribution in [1.82, 2.24) is 25.4 Å². The van der Waals surface area contributed by atoms with Gasteiger partial charge in [-0.25, -0.2) is 0 Å². The van der Waals surface area contributed by atoms with Crippen LogP contribution in [0, 0.1) is 6.92 Å². The summed E-state index contributed by atoms with van der Waals surface area (Å²) >= 11 is 0. The third kappa shape index (κ3) is 5.20. The summed E-state index contributed by atoms with van der Waals surface area (Å²) in [5.41, 5.74) is 1.31. The Morgan fingerprint density at radius 1 is 1.24 bits per heavy atom. The largest absolute Gasteiger partial charge is 0.497 e. The van der Waals surface area contributed by atoms with E-state index in [1.54, 1.807) is 14.2 Å². The Morgan fingerprint density at radius 3 is 2.52 bits per heavy atom. The molecule has 0 aliphatic heterocycles. The van der Waals surface area contributed by atoms with Crippen LogP contribution in [0.25, 0.3) is 0 Å². The molecular formula is C18H28N6O. The zero-order valence-corrected chi connectivity index (χ0v) is 15.7. The summed E-state index contributed by atoms with van der Waals surface area (Å²) < 4.78 is 7.17. The molecule has 7 nitrogen and oxygen atoms in total. The van der Waals surface area contributed by atoms with E-state index in [0.29, 0.717) is 12.5 Å². The molecule has 1 aromatic carbocycles. The number of nitrogens with one attached hydrogen (secondary N) is 2. The zero-order chi connectivity index (χ0) is 18.2. The fourth-order valence-electron chi connectivity index (χ4n) is 2.49. The van der Waals surface area contributed by atoms with Crippen molar-refractivity contribution >= 4 is 5.96 Å². The standard InChI is InChI=1S/C18H28N6O/c1-13(15-6-8-16(25-5)9-7-15)10-11-20-18(19-3)21-12-17-23-22-14(2)24(17)4/h6-9,13H,10-12H2,1-5H3,(H2,19,20,21). The van der Waals surface area contributed by atoms with Gasteiger partial charge < -0.3 is 19.9 Å². The molecule has 0 amide bonds. The number of aliphatic imine (C=N–C) groups is 1. The molecule has 2 aromatic rings. The van der Waals surface area contributed by atoms with Crippen molar-refractivity contribution in [2.45, 2.75) is 32.7 Å². The third-order valence-corrected chi connectivity index (χ3v) is 4.37. The van der Waals surface area contributed by atoms with Gasteiger partial charge in [0, 0.05) is 20.6 Å². The maximum Gasteiger partial charge on any atom is 0.191 e. The average molecular weight is 344 g/mol. The number of guanidine groups is 1. The highest BCUT2D eigenvalue weighted by Gasteiger charge is 2.08. The van der Waals surface area contributed by atoms with E-state index >= 15 is 0 Å². The quantitative estimate of drug-likeness (QED) is 0.593. The van der Waals surface area contributed by atoms with Crippen molar-refractivity contribution in [3.05, 3.63) is 41.5 Å². The highest BCUT2D eigenvalue weighted by atomic mass is 16.5. The molecule has 0 fully saturated rings. The van der Waals surface area contributed by atoms with Crippen molar-refractivity contribution in [3.8, 4) is 5.75 Å². The van der Waals surface area contributed by atoms with E-state index in [-0.39, 0.29) is 0 Å². The monoisotopic (exact) mass is 344 g/mol. The topological polar surface area (TPSA) is 76.4 Å². The molecule has 7 heteroatoms. The van der Waals surface area contributed by atoms with Crippen molar-refractivity contribution in [2.75, 3.05) is 20.7 Å². The van der Waals surface area contributed by atoms with Gasteiger partial charge >= 0.3 is 0 Å². The molecule has 0 radical (unpaired) electrons. The summed E-state index contributed by atoms with van der Waals surface area (Å²) in [6.45, 7) is 5.59. The summed E-state index contributed by atoms with van der Waals surface area (Å²) in [6, 6.07) is 8.24. The van der Waals surface area contributed by atoms with E-state index in [2.05, 4.69) is 44.9 Å². The average Bonchev–Trinajstić information content (AvgIpc) is 2.96. The van der Waals surface area contributed by atoms with Crippen LogP contribution in [0.4, 0.5) is 0 Å². The molecule has 2 N–H and O–H groups in total. The molecule has 0 saturated heterocycles. The molecule has 0 aliphatic rings. The van der Waals surface area contributed by atoms with Gasteiger partial charge in [0.05, 0.1) is 13.7 Å². The Labute approximate surface area is 149 Å². The predicted octanol–water partition coefficient (Wildman–Crippen LogP) is 1.99. The summed E-state index contributed by atoms with van der Waals surface area (Å²) in [4.78, 5) is 4.25. The van der Waals surface area contributed by atoms with Gasteiger partial charge in [-0.2, -0.15) is 0 Å². The first-order chi connectivity index (χ1) is 12.0. The first-order valence-corrected chi connectivity index (χ1v) is 8.48. The minimum absolute atomic E-state index is 0.456. The van der Waals surface area contributed by atoms with Gasteiger partial charge in [0.25, 0.3) is 0 Å². The summed E-state index contributed by atoms with van der Waals surface area (Å²) in [5, 5.41) is 14.8. The van der Waals surface area contributed by atoms with Crippen molar-refractivity contribution in [2.24, 2.45) is 12.0 Å². The van der Waals surface area contributed by atoms with Gasteiger partial charge in [-0.05, 0) is 37.0 Å². The van der Waals surface area contributed by atoms with Crippen LogP contribution < -0.4 is 15.4 Å². The second-order valence-electron chi connectivity index (χ2n) is 6.04. The maximum absolute atomic E-state index is 5.20. The second kappa shape index (κ2) is 9.05. The van der Waals surface area contributed by atoms with Crippen LogP contribution in [0.5, 0.6) is 5.75 Å². The normalized spacial score (nSPS) is 12.8. The molecule has 1 unspecified atom stereocenters. The van der Waals surface area contributed by atoms with Crippen LogP contribution >= 0.6 is 0 Å². The van der Waals surface area contributed by atoms with Crippen LogP contribution in [0.2, 0.25) is 0 Å². The van der Waals surface area contributed by atoms with Crippen molar-refractivity contribution in [3.63, 3.8) is 0 Å². The van der Waals surface area contributed by atoms with Crippen molar-refractivity contribution in [1.29, 1.82) is 0 Å². The lowest BCUT2D eigenvalue weighted by molar-refractivity contribution is 0.414. The predicted molar refractivity (Wildman–Crippen MR) is 100.0 cm³/mol. The Bertz CT molecular complexity index is 692. The molecule has 25 heavy (non-hydrogen) atoms. The molecule has 2 rings (SSSR count). The Morgan fingerprint density at radius 2 is 1.96 bits per heavy atom. The van der Waals surface area contributed by atoms with Gasteiger partial charge in [0.15, 0.2) is 11.8 Å². The van der Waals surface area contributed by atoms with Crippen LogP contribution in [0.1, 0.15) is 36.5 Å². The number of nitrogens with zero attached hydrogens (tertiary/aromatic N) is 4. The van der Waals surface area contributed by atoms with Gasteiger partial charge in [0.1, 0.15) is 11.6 Å². The summed E-state index contributed by atoms with van der Waals surface area (Å²) in [5.74, 6) is 3.89. The maximum atomic E-state index is 5.20. The smallest absolute Gasteiger partial charge is 0.191 e. The molecule has 1 aromatic heterocycles. The van der Waals surface area contributed by atoms with Gasteiger partial charge in [-0.3, -0.25) is 4.99 Å². The molecule has 0 bridgehead atoms. The molecule has 1 heterocycles. The zero-order valence-electron chi connectivity index (χ0n) is 15.7. The SMILES string of the molecule is CN=C(NCCC(C)c1ccc(OC)cc1)NCc1nnc(C)n1C. The minimum atomic E-state index is 0.456. The van der Waals surface area contributed by atoms with Crippen LogP contribution in [0.15, 0.2) is 29.3 Å². The number of hydrogen-bond acceptors (Lipinski definition) is 4. The lowest BCUT2D eigenvalue weighted by atomic mass is 9.98. The highest BCUT2D eigenvalue weighted by Crippen LogP contribution is 2.21. The van der Waals surface area contributed by atoms with Crippen LogP contribution in [0.3, 0.4) is 0 Å². The third-order valence-electron chi connectivity index (χ3n) is 4.37. The summed E-state index contributed by atoms with van der Waals surface area (Å²) in [7, 11) is 5.41. The number of aryl methyl sites for hydroxylation is 1. The van der Waals surface area contributed by atoms with Crippen molar-refractivity contribution < 1.29 is 4.74 Å². The fraction of sp³-hybridized carbons (Fsp3) is 0.500. The number of methoxy groups -OCH3 is 1.